The molecule has 2 N–H and O–H groups in total. The van der Waals surface area contributed by atoms with Gasteiger partial charge < -0.3 is 4.74 Å². The Hall–Kier alpha value is -1.69. The Kier molecular flexibility index (Phi) is 5.03. The predicted octanol–water partition coefficient (Wildman–Crippen LogP) is 0.590. The van der Waals surface area contributed by atoms with Crippen LogP contribution < -0.4 is 9.44 Å². The van der Waals surface area contributed by atoms with Crippen molar-refractivity contribution in [1.29, 1.82) is 5.26 Å². The number of nitrogens with zero attached hydrogens (tertiary/aromatic N) is 1. The van der Waals surface area contributed by atoms with Gasteiger partial charge in [-0.05, 0) is 18.2 Å². The molecule has 0 unspecified atom stereocenters. The second kappa shape index (κ2) is 6.30. The van der Waals surface area contributed by atoms with Gasteiger partial charge in [0.05, 0.1) is 17.9 Å². The molecule has 0 aromatic heterocycles. The van der Waals surface area contributed by atoms with E-state index >= 15 is 0 Å². The first kappa shape index (κ1) is 14.4. The number of ether oxygens (including phenoxy) is 1. The summed E-state index contributed by atoms with van der Waals surface area (Å²) in [4.78, 5) is 0. The molecule has 0 bridgehead atoms. The van der Waals surface area contributed by atoms with E-state index in [2.05, 4.69) is 9.44 Å². The van der Waals surface area contributed by atoms with E-state index in [1.54, 1.807) is 6.07 Å². The van der Waals surface area contributed by atoms with Gasteiger partial charge in [-0.2, -0.15) is 18.4 Å². The summed E-state index contributed by atoms with van der Waals surface area (Å²) in [5.74, 6) is -0.609. The van der Waals surface area contributed by atoms with Gasteiger partial charge in [0, 0.05) is 13.7 Å². The fourth-order valence-electron chi connectivity index (χ4n) is 1.16. The fourth-order valence-corrected chi connectivity index (χ4v) is 2.05. The summed E-state index contributed by atoms with van der Waals surface area (Å²) in [5, 5.41) is 8.76. The molecule has 6 nitrogen and oxygen atoms in total. The zero-order chi connectivity index (χ0) is 13.6. The highest BCUT2D eigenvalue weighted by Crippen LogP contribution is 2.16. The van der Waals surface area contributed by atoms with Crippen LogP contribution in [0.2, 0.25) is 0 Å². The van der Waals surface area contributed by atoms with Gasteiger partial charge in [0.1, 0.15) is 11.9 Å². The maximum atomic E-state index is 12.9. The number of anilines is 1. The maximum Gasteiger partial charge on any atom is 0.299 e. The van der Waals surface area contributed by atoms with Gasteiger partial charge in [0.15, 0.2) is 0 Å². The molecular weight excluding hydrogens is 261 g/mol. The Balaban J connectivity index is 2.81. The van der Waals surface area contributed by atoms with Crippen molar-refractivity contribution in [2.75, 3.05) is 25.0 Å². The molecular formula is C10H12FN3O3S. The van der Waals surface area contributed by atoms with Gasteiger partial charge in [-0.3, -0.25) is 4.72 Å². The Labute approximate surface area is 105 Å². The molecule has 0 saturated heterocycles. The SMILES string of the molecule is COCCNS(=O)(=O)Nc1ccc(F)cc1C#N. The molecule has 1 rings (SSSR count). The number of nitrogens with one attached hydrogen (secondary N) is 2. The maximum absolute atomic E-state index is 12.9. The molecule has 0 atom stereocenters. The first-order valence-corrected chi connectivity index (χ1v) is 6.43. The molecule has 0 fully saturated rings. The van der Waals surface area contributed by atoms with Crippen molar-refractivity contribution in [3.8, 4) is 6.07 Å². The third-order valence-electron chi connectivity index (χ3n) is 1.94. The summed E-state index contributed by atoms with van der Waals surface area (Å²) in [6, 6.07) is 4.91. The lowest BCUT2D eigenvalue weighted by Crippen LogP contribution is -2.32. The van der Waals surface area contributed by atoms with Crippen molar-refractivity contribution < 1.29 is 17.5 Å². The highest BCUT2D eigenvalue weighted by atomic mass is 32.2. The van der Waals surface area contributed by atoms with Gasteiger partial charge in [-0.1, -0.05) is 0 Å². The minimum absolute atomic E-state index is 0.0174. The van der Waals surface area contributed by atoms with Crippen LogP contribution in [0, 0.1) is 17.1 Å². The van der Waals surface area contributed by atoms with Gasteiger partial charge in [0.25, 0.3) is 10.2 Å². The summed E-state index contributed by atoms with van der Waals surface area (Å²) < 4.78 is 45.0. The zero-order valence-electron chi connectivity index (χ0n) is 9.60. The number of hydrogen-bond donors (Lipinski definition) is 2. The van der Waals surface area contributed by atoms with Gasteiger partial charge in [0.2, 0.25) is 0 Å². The summed E-state index contributed by atoms with van der Waals surface area (Å²) in [7, 11) is -2.37. The molecule has 0 saturated carbocycles. The number of nitriles is 1. The molecule has 0 amide bonds. The van der Waals surface area contributed by atoms with E-state index in [-0.39, 0.29) is 24.4 Å². The van der Waals surface area contributed by atoms with Crippen molar-refractivity contribution in [2.45, 2.75) is 0 Å². The highest BCUT2D eigenvalue weighted by Gasteiger charge is 2.12. The highest BCUT2D eigenvalue weighted by molar-refractivity contribution is 7.90. The third-order valence-corrected chi connectivity index (χ3v) is 3.02. The van der Waals surface area contributed by atoms with Crippen molar-refractivity contribution >= 4 is 15.9 Å². The van der Waals surface area contributed by atoms with Gasteiger partial charge in [-0.15, -0.1) is 0 Å². The Morgan fingerprint density at radius 3 is 2.83 bits per heavy atom. The van der Waals surface area contributed by atoms with Crippen LogP contribution in [-0.2, 0) is 14.9 Å². The number of methoxy groups -OCH3 is 1. The molecule has 0 spiro atoms. The topological polar surface area (TPSA) is 91.2 Å². The average Bonchev–Trinajstić information content (AvgIpc) is 2.31. The van der Waals surface area contributed by atoms with E-state index in [0.717, 1.165) is 12.1 Å². The van der Waals surface area contributed by atoms with Gasteiger partial charge in [-0.25, -0.2) is 4.39 Å². The molecule has 18 heavy (non-hydrogen) atoms. The largest absolute Gasteiger partial charge is 0.383 e. The molecule has 0 aliphatic carbocycles. The van der Waals surface area contributed by atoms with Crippen LogP contribution in [0.5, 0.6) is 0 Å². The molecule has 0 heterocycles. The number of hydrogen-bond acceptors (Lipinski definition) is 4. The monoisotopic (exact) mass is 273 g/mol. The van der Waals surface area contributed by atoms with Crippen molar-refractivity contribution in [2.24, 2.45) is 0 Å². The smallest absolute Gasteiger partial charge is 0.299 e. The normalized spacial score (nSPS) is 10.9. The van der Waals surface area contributed by atoms with E-state index in [1.807, 2.05) is 0 Å². The van der Waals surface area contributed by atoms with E-state index in [0.29, 0.717) is 0 Å². The molecule has 8 heteroatoms. The number of benzene rings is 1. The third kappa shape index (κ3) is 4.29. The van der Waals surface area contributed by atoms with Crippen molar-refractivity contribution in [1.82, 2.24) is 4.72 Å². The summed E-state index contributed by atoms with van der Waals surface area (Å²) in [6.45, 7) is 0.310. The number of rotatable bonds is 6. The zero-order valence-corrected chi connectivity index (χ0v) is 10.4. The van der Waals surface area contributed by atoms with Crippen LogP contribution in [0.1, 0.15) is 5.56 Å². The standard InChI is InChI=1S/C10H12FN3O3S/c1-17-5-4-13-18(15,16)14-10-3-2-9(11)6-8(10)7-12/h2-3,6,13-14H,4-5H2,1H3. The van der Waals surface area contributed by atoms with Crippen LogP contribution in [0.4, 0.5) is 10.1 Å². The molecule has 1 aromatic rings. The second-order valence-corrected chi connectivity index (χ2v) is 4.79. The first-order valence-electron chi connectivity index (χ1n) is 4.94. The van der Waals surface area contributed by atoms with Crippen LogP contribution >= 0.6 is 0 Å². The van der Waals surface area contributed by atoms with Crippen LogP contribution in [-0.4, -0.2) is 28.7 Å². The summed E-state index contributed by atoms with van der Waals surface area (Å²) in [6.07, 6.45) is 0. The molecule has 1 aromatic carbocycles. The van der Waals surface area contributed by atoms with E-state index in [4.69, 9.17) is 10.00 Å². The Morgan fingerprint density at radius 2 is 2.22 bits per heavy atom. The quantitative estimate of drug-likeness (QED) is 0.742. The number of halogens is 1. The van der Waals surface area contributed by atoms with Gasteiger partial charge >= 0.3 is 0 Å². The van der Waals surface area contributed by atoms with Crippen LogP contribution in [0.15, 0.2) is 18.2 Å². The van der Waals surface area contributed by atoms with Crippen LogP contribution in [0.3, 0.4) is 0 Å². The molecule has 0 aliphatic heterocycles. The summed E-state index contributed by atoms with van der Waals surface area (Å²) in [5.41, 5.74) is -0.0732. The lowest BCUT2D eigenvalue weighted by molar-refractivity contribution is 0.204. The van der Waals surface area contributed by atoms with E-state index in [1.165, 1.54) is 13.2 Å². The van der Waals surface area contributed by atoms with Crippen molar-refractivity contribution in [3.63, 3.8) is 0 Å². The molecule has 0 aliphatic rings. The van der Waals surface area contributed by atoms with E-state index < -0.39 is 16.0 Å². The second-order valence-electron chi connectivity index (χ2n) is 3.29. The minimum atomic E-state index is -3.81. The van der Waals surface area contributed by atoms with E-state index in [9.17, 15) is 12.8 Å². The molecule has 98 valence electrons. The lowest BCUT2D eigenvalue weighted by atomic mass is 10.2. The first-order chi connectivity index (χ1) is 8.48. The Morgan fingerprint density at radius 1 is 1.50 bits per heavy atom. The summed E-state index contributed by atoms with van der Waals surface area (Å²) >= 11 is 0. The Bertz CT molecular complexity index is 554. The predicted molar refractivity (Wildman–Crippen MR) is 63.5 cm³/mol. The lowest BCUT2D eigenvalue weighted by Gasteiger charge is -2.10. The fraction of sp³-hybridized carbons (Fsp3) is 0.300. The van der Waals surface area contributed by atoms with Crippen molar-refractivity contribution in [3.05, 3.63) is 29.6 Å². The van der Waals surface area contributed by atoms with Crippen LogP contribution in [0.25, 0.3) is 0 Å². The average molecular weight is 273 g/mol. The minimum Gasteiger partial charge on any atom is -0.383 e. The molecule has 0 radical (unpaired) electrons.